The van der Waals surface area contributed by atoms with E-state index >= 15 is 0 Å². The van der Waals surface area contributed by atoms with Crippen LogP contribution in [0.4, 0.5) is 0 Å². The summed E-state index contributed by atoms with van der Waals surface area (Å²) >= 11 is 5.59. The minimum absolute atomic E-state index is 0. The van der Waals surface area contributed by atoms with Crippen molar-refractivity contribution in [3.63, 3.8) is 0 Å². The largest absolute Gasteiger partial charge is 1.00 e. The highest BCUT2D eigenvalue weighted by molar-refractivity contribution is 6.17. The second kappa shape index (κ2) is 7.49. The highest BCUT2D eigenvalue weighted by Gasteiger charge is 2.10. The first-order valence-corrected chi connectivity index (χ1v) is 5.03. The number of alkyl halides is 1. The predicted octanol–water partition coefficient (Wildman–Crippen LogP) is -1.61. The molecule has 0 amide bonds. The molecule has 0 unspecified atom stereocenters. The number of hydrogen-bond donors (Lipinski definition) is 0. The number of pyridine rings is 1. The van der Waals surface area contributed by atoms with Crippen molar-refractivity contribution in [1.29, 1.82) is 0 Å². The summed E-state index contributed by atoms with van der Waals surface area (Å²) in [5.41, 5.74) is 0.555. The Bertz CT molecular complexity index is 318. The number of nitrogens with zero attached hydrogens (tertiary/aromatic N) is 1. The van der Waals surface area contributed by atoms with Crippen LogP contribution >= 0.6 is 11.6 Å². The van der Waals surface area contributed by atoms with Gasteiger partial charge in [-0.3, -0.25) is 0 Å². The molecule has 0 aliphatic carbocycles. The van der Waals surface area contributed by atoms with Crippen molar-refractivity contribution >= 4 is 17.6 Å². The van der Waals surface area contributed by atoms with Gasteiger partial charge in [0.05, 0.1) is 12.5 Å². The van der Waals surface area contributed by atoms with E-state index in [4.69, 9.17) is 16.3 Å². The fraction of sp³-hybridized carbons (Fsp3) is 0.400. The zero-order chi connectivity index (χ0) is 10.4. The molecule has 0 N–H and O–H groups in total. The molecular weight excluding hydrogens is 237 g/mol. The van der Waals surface area contributed by atoms with Gasteiger partial charge in [-0.1, -0.05) is 0 Å². The van der Waals surface area contributed by atoms with Crippen LogP contribution in [0.15, 0.2) is 24.5 Å². The van der Waals surface area contributed by atoms with Crippen molar-refractivity contribution < 1.29 is 26.5 Å². The average molecular weight is 250 g/mol. The molecule has 0 aromatic carbocycles. The number of carbonyl (C=O) groups excluding carboxylic acids is 1. The first kappa shape index (κ1) is 14.2. The van der Waals surface area contributed by atoms with E-state index in [1.807, 2.05) is 10.8 Å². The van der Waals surface area contributed by atoms with Crippen molar-refractivity contribution in [3.8, 4) is 0 Å². The quantitative estimate of drug-likeness (QED) is 0.366. The molecular formula is C10H13Cl2NO2. The van der Waals surface area contributed by atoms with Gasteiger partial charge >= 0.3 is 5.97 Å². The zero-order valence-corrected chi connectivity index (χ0v) is 9.96. The van der Waals surface area contributed by atoms with Crippen LogP contribution in [-0.4, -0.2) is 18.5 Å². The molecule has 1 aromatic heterocycles. The molecule has 1 heterocycles. The summed E-state index contributed by atoms with van der Waals surface area (Å²) in [4.78, 5) is 11.3. The van der Waals surface area contributed by atoms with Crippen LogP contribution in [0, 0.1) is 0 Å². The Morgan fingerprint density at radius 1 is 1.60 bits per heavy atom. The smallest absolute Gasteiger partial charge is 0.344 e. The predicted molar refractivity (Wildman–Crippen MR) is 53.3 cm³/mol. The Labute approximate surface area is 100 Å². The summed E-state index contributed by atoms with van der Waals surface area (Å²) in [5.74, 6) is 0.230. The molecule has 0 atom stereocenters. The van der Waals surface area contributed by atoms with E-state index in [-0.39, 0.29) is 18.4 Å². The van der Waals surface area contributed by atoms with Crippen LogP contribution in [0.2, 0.25) is 0 Å². The molecule has 84 valence electrons. The highest BCUT2D eigenvalue weighted by Crippen LogP contribution is 1.97. The van der Waals surface area contributed by atoms with E-state index < -0.39 is 0 Å². The number of hydrogen-bond acceptors (Lipinski definition) is 2. The van der Waals surface area contributed by atoms with Gasteiger partial charge in [0, 0.05) is 6.07 Å². The Kier molecular flexibility index (Phi) is 7.09. The fourth-order valence-corrected chi connectivity index (χ4v) is 1.29. The minimum Gasteiger partial charge on any atom is -1.00 e. The van der Waals surface area contributed by atoms with Gasteiger partial charge < -0.3 is 17.1 Å². The summed E-state index contributed by atoms with van der Waals surface area (Å²) in [6.07, 6.45) is 3.60. The second-order valence-corrected chi connectivity index (χ2v) is 3.12. The number of aryl methyl sites for hydroxylation is 1. The first-order chi connectivity index (χ1) is 6.77. The first-order valence-electron chi connectivity index (χ1n) is 4.50. The van der Waals surface area contributed by atoms with Gasteiger partial charge in [0.25, 0.3) is 0 Å². The molecule has 15 heavy (non-hydrogen) atoms. The number of halogens is 2. The van der Waals surface area contributed by atoms with E-state index in [2.05, 4.69) is 0 Å². The lowest BCUT2D eigenvalue weighted by molar-refractivity contribution is -0.692. The third-order valence-electron chi connectivity index (χ3n) is 1.71. The van der Waals surface area contributed by atoms with Crippen molar-refractivity contribution in [2.24, 2.45) is 0 Å². The molecule has 0 spiro atoms. The summed E-state index contributed by atoms with van der Waals surface area (Å²) in [6, 6.07) is 3.53. The normalized spacial score (nSPS) is 9.20. The second-order valence-electron chi connectivity index (χ2n) is 2.74. The molecule has 0 saturated carbocycles. The molecule has 0 fully saturated rings. The Balaban J connectivity index is 0.00000196. The standard InChI is InChI=1S/C10H13ClNO2.ClH/c1-2-14-10(13)9-4-3-6-12(8-9)7-5-11;/h3-4,6,8H,2,5,7H2,1H3;1H/q+1;/p-1. The average Bonchev–Trinajstić information content (AvgIpc) is 2.19. The van der Waals surface area contributed by atoms with Crippen LogP contribution < -0.4 is 17.0 Å². The van der Waals surface area contributed by atoms with E-state index in [0.717, 1.165) is 0 Å². The number of esters is 1. The van der Waals surface area contributed by atoms with Crippen molar-refractivity contribution in [1.82, 2.24) is 0 Å². The number of rotatable bonds is 4. The molecule has 0 bridgehead atoms. The van der Waals surface area contributed by atoms with Crippen LogP contribution in [0.3, 0.4) is 0 Å². The molecule has 0 aliphatic heterocycles. The van der Waals surface area contributed by atoms with Crippen LogP contribution in [0.1, 0.15) is 17.3 Å². The van der Waals surface area contributed by atoms with E-state index in [1.165, 1.54) is 0 Å². The summed E-state index contributed by atoms with van der Waals surface area (Å²) in [6.45, 7) is 2.87. The Hall–Kier alpha value is -0.800. The summed E-state index contributed by atoms with van der Waals surface area (Å²) in [7, 11) is 0. The molecule has 1 rings (SSSR count). The van der Waals surface area contributed by atoms with Gasteiger partial charge in [0.15, 0.2) is 18.9 Å². The Morgan fingerprint density at radius 2 is 2.33 bits per heavy atom. The maximum Gasteiger partial charge on any atom is 0.344 e. The molecule has 0 radical (unpaired) electrons. The highest BCUT2D eigenvalue weighted by atomic mass is 35.5. The maximum atomic E-state index is 11.3. The van der Waals surface area contributed by atoms with Crippen LogP contribution in [0.5, 0.6) is 0 Å². The van der Waals surface area contributed by atoms with Gasteiger partial charge in [0.1, 0.15) is 5.56 Å². The van der Waals surface area contributed by atoms with E-state index in [9.17, 15) is 4.79 Å². The van der Waals surface area contributed by atoms with Gasteiger partial charge in [-0.25, -0.2) is 9.36 Å². The number of aromatic nitrogens is 1. The molecule has 0 saturated heterocycles. The number of ether oxygens (including phenoxy) is 1. The van der Waals surface area contributed by atoms with Gasteiger partial charge in [-0.15, -0.1) is 11.6 Å². The van der Waals surface area contributed by atoms with Crippen LogP contribution in [-0.2, 0) is 11.3 Å². The van der Waals surface area contributed by atoms with Gasteiger partial charge in [-0.2, -0.15) is 0 Å². The van der Waals surface area contributed by atoms with Crippen molar-refractivity contribution in [2.45, 2.75) is 13.5 Å². The topological polar surface area (TPSA) is 30.2 Å². The lowest BCUT2D eigenvalue weighted by Crippen LogP contribution is -3.00. The van der Waals surface area contributed by atoms with Crippen molar-refractivity contribution in [2.75, 3.05) is 12.5 Å². The third-order valence-corrected chi connectivity index (χ3v) is 1.88. The lowest BCUT2D eigenvalue weighted by atomic mass is 10.3. The summed E-state index contributed by atoms with van der Waals surface area (Å²) < 4.78 is 6.74. The van der Waals surface area contributed by atoms with E-state index in [0.29, 0.717) is 24.6 Å². The molecule has 3 nitrogen and oxygen atoms in total. The van der Waals surface area contributed by atoms with E-state index in [1.54, 1.807) is 25.3 Å². The molecule has 1 aromatic rings. The molecule has 5 heteroatoms. The maximum absolute atomic E-state index is 11.3. The monoisotopic (exact) mass is 249 g/mol. The SMILES string of the molecule is CCOC(=O)c1ccc[n+](CCCl)c1.[Cl-]. The minimum atomic E-state index is -0.295. The van der Waals surface area contributed by atoms with Gasteiger partial charge in [-0.05, 0) is 13.0 Å². The van der Waals surface area contributed by atoms with Crippen LogP contribution in [0.25, 0.3) is 0 Å². The lowest BCUT2D eigenvalue weighted by Gasteiger charge is -2.00. The number of carbonyl (C=O) groups is 1. The molecule has 0 aliphatic rings. The van der Waals surface area contributed by atoms with Gasteiger partial charge in [0.2, 0.25) is 0 Å². The Morgan fingerprint density at radius 3 is 2.93 bits per heavy atom. The zero-order valence-electron chi connectivity index (χ0n) is 8.45. The fourth-order valence-electron chi connectivity index (χ4n) is 1.09. The third kappa shape index (κ3) is 4.49. The summed E-state index contributed by atoms with van der Waals surface area (Å²) in [5, 5.41) is 0. The van der Waals surface area contributed by atoms with Crippen molar-refractivity contribution in [3.05, 3.63) is 30.1 Å².